The predicted octanol–water partition coefficient (Wildman–Crippen LogP) is 3.12. The third-order valence-electron chi connectivity index (χ3n) is 3.67. The summed E-state index contributed by atoms with van der Waals surface area (Å²) in [6.07, 6.45) is 1.33. The van der Waals surface area contributed by atoms with Crippen molar-refractivity contribution >= 4 is 29.1 Å². The smallest absolute Gasteiger partial charge is 0.258 e. The van der Waals surface area contributed by atoms with E-state index < -0.39 is 0 Å². The molecule has 0 bridgehead atoms. The average Bonchev–Trinajstić information content (AvgIpc) is 3.04. The van der Waals surface area contributed by atoms with Gasteiger partial charge in [0.05, 0.1) is 22.8 Å². The number of hydrogen-bond donors (Lipinski definition) is 2. The quantitative estimate of drug-likeness (QED) is 0.868. The van der Waals surface area contributed by atoms with Crippen LogP contribution in [0, 0.1) is 0 Å². The van der Waals surface area contributed by atoms with Crippen LogP contribution in [0.4, 0.5) is 5.69 Å². The van der Waals surface area contributed by atoms with Crippen molar-refractivity contribution in [3.63, 3.8) is 0 Å². The number of amides is 2. The molecule has 0 saturated carbocycles. The minimum absolute atomic E-state index is 0.0619. The third kappa shape index (κ3) is 3.96. The van der Waals surface area contributed by atoms with Gasteiger partial charge in [-0.1, -0.05) is 11.6 Å². The van der Waals surface area contributed by atoms with Crippen LogP contribution in [0.1, 0.15) is 40.3 Å². The van der Waals surface area contributed by atoms with Crippen molar-refractivity contribution in [3.05, 3.63) is 52.4 Å². The first kappa shape index (κ1) is 18.0. The molecule has 1 aromatic heterocycles. The number of nitrogens with two attached hydrogens (primary N) is 1. The number of carbonyl (C=O) groups excluding carboxylic acids is 2. The number of nitrogens with zero attached hydrogens (tertiary/aromatic N) is 1. The Morgan fingerprint density at radius 2 is 2.00 bits per heavy atom. The molecule has 2 rings (SSSR count). The maximum Gasteiger partial charge on any atom is 0.258 e. The first-order valence-electron chi connectivity index (χ1n) is 7.49. The molecule has 3 N–H and O–H groups in total. The maximum absolute atomic E-state index is 12.4. The lowest BCUT2D eigenvalue weighted by atomic mass is 10.1. The SMILES string of the molecule is CC(C)N(C)C(=O)c1ccc(Cl)c(NC(=O)c2coc(CN)c2)c1. The number of halogens is 1. The fraction of sp³-hybridized carbons (Fsp3) is 0.294. The van der Waals surface area contributed by atoms with Gasteiger partial charge in [0.2, 0.25) is 0 Å². The van der Waals surface area contributed by atoms with Gasteiger partial charge in [0, 0.05) is 18.7 Å². The number of furan rings is 1. The van der Waals surface area contributed by atoms with E-state index in [1.54, 1.807) is 36.2 Å². The monoisotopic (exact) mass is 349 g/mol. The summed E-state index contributed by atoms with van der Waals surface area (Å²) in [5.74, 6) is -0.0261. The van der Waals surface area contributed by atoms with E-state index in [2.05, 4.69) is 5.32 Å². The third-order valence-corrected chi connectivity index (χ3v) is 4.00. The summed E-state index contributed by atoms with van der Waals surface area (Å²) in [6, 6.07) is 6.39. The zero-order valence-corrected chi connectivity index (χ0v) is 14.6. The Balaban J connectivity index is 2.22. The first-order valence-corrected chi connectivity index (χ1v) is 7.86. The first-order chi connectivity index (χ1) is 11.3. The van der Waals surface area contributed by atoms with Crippen LogP contribution >= 0.6 is 11.6 Å². The number of nitrogens with one attached hydrogen (secondary N) is 1. The Bertz CT molecular complexity index is 755. The molecule has 2 amide bonds. The zero-order valence-electron chi connectivity index (χ0n) is 13.8. The van der Waals surface area contributed by atoms with Crippen LogP contribution in [-0.4, -0.2) is 29.8 Å². The molecule has 2 aromatic rings. The molecule has 1 aromatic carbocycles. The van der Waals surface area contributed by atoms with Gasteiger partial charge in [-0.25, -0.2) is 0 Å². The lowest BCUT2D eigenvalue weighted by Crippen LogP contribution is -2.33. The lowest BCUT2D eigenvalue weighted by molar-refractivity contribution is 0.0754. The van der Waals surface area contributed by atoms with Crippen molar-refractivity contribution in [3.8, 4) is 0 Å². The van der Waals surface area contributed by atoms with Gasteiger partial charge in [-0.05, 0) is 38.1 Å². The highest BCUT2D eigenvalue weighted by Gasteiger charge is 2.17. The minimum Gasteiger partial charge on any atom is -0.467 e. The van der Waals surface area contributed by atoms with Gasteiger partial charge in [0.1, 0.15) is 12.0 Å². The molecule has 0 saturated heterocycles. The molecular weight excluding hydrogens is 330 g/mol. The van der Waals surface area contributed by atoms with Crippen LogP contribution in [0.3, 0.4) is 0 Å². The Morgan fingerprint density at radius 3 is 2.58 bits per heavy atom. The number of carbonyl (C=O) groups is 2. The van der Waals surface area contributed by atoms with Crippen LogP contribution < -0.4 is 11.1 Å². The second kappa shape index (κ2) is 7.51. The molecule has 7 heteroatoms. The van der Waals surface area contributed by atoms with E-state index in [9.17, 15) is 9.59 Å². The van der Waals surface area contributed by atoms with Crippen LogP contribution in [0.25, 0.3) is 0 Å². The Kier molecular flexibility index (Phi) is 5.64. The second-order valence-electron chi connectivity index (χ2n) is 5.66. The summed E-state index contributed by atoms with van der Waals surface area (Å²) in [5, 5.41) is 3.03. The van der Waals surface area contributed by atoms with E-state index in [1.165, 1.54) is 6.26 Å². The predicted molar refractivity (Wildman–Crippen MR) is 93.2 cm³/mol. The topological polar surface area (TPSA) is 88.6 Å². The maximum atomic E-state index is 12.4. The summed E-state index contributed by atoms with van der Waals surface area (Å²) >= 11 is 6.12. The molecule has 0 fully saturated rings. The number of benzene rings is 1. The van der Waals surface area contributed by atoms with Gasteiger partial charge >= 0.3 is 0 Å². The average molecular weight is 350 g/mol. The molecule has 6 nitrogen and oxygen atoms in total. The largest absolute Gasteiger partial charge is 0.467 e. The minimum atomic E-state index is -0.387. The molecule has 128 valence electrons. The van der Waals surface area contributed by atoms with Gasteiger partial charge in [0.25, 0.3) is 11.8 Å². The molecule has 0 atom stereocenters. The summed E-state index contributed by atoms with van der Waals surface area (Å²) in [4.78, 5) is 26.3. The molecule has 1 heterocycles. The summed E-state index contributed by atoms with van der Waals surface area (Å²) in [7, 11) is 1.72. The standard InChI is InChI=1S/C17H20ClN3O3/c1-10(2)21(3)17(23)11-4-5-14(18)15(7-11)20-16(22)12-6-13(8-19)24-9-12/h4-7,9-10H,8,19H2,1-3H3,(H,20,22). The molecule has 0 radical (unpaired) electrons. The Hall–Kier alpha value is -2.31. The molecule has 0 aliphatic rings. The Morgan fingerprint density at radius 1 is 1.29 bits per heavy atom. The van der Waals surface area contributed by atoms with E-state index in [-0.39, 0.29) is 24.4 Å². The van der Waals surface area contributed by atoms with Gasteiger partial charge in [-0.3, -0.25) is 9.59 Å². The molecule has 0 spiro atoms. The normalized spacial score (nSPS) is 10.8. The molecule has 0 aliphatic heterocycles. The molecule has 24 heavy (non-hydrogen) atoms. The summed E-state index contributed by atoms with van der Waals surface area (Å²) < 4.78 is 5.14. The van der Waals surface area contributed by atoms with Crippen LogP contribution in [-0.2, 0) is 6.54 Å². The van der Waals surface area contributed by atoms with Gasteiger partial charge in [0.15, 0.2) is 0 Å². The highest BCUT2D eigenvalue weighted by Crippen LogP contribution is 2.25. The Labute approximate surface area is 145 Å². The van der Waals surface area contributed by atoms with Crippen molar-refractivity contribution in [2.45, 2.75) is 26.4 Å². The van der Waals surface area contributed by atoms with Gasteiger partial charge < -0.3 is 20.4 Å². The van der Waals surface area contributed by atoms with Crippen molar-refractivity contribution < 1.29 is 14.0 Å². The van der Waals surface area contributed by atoms with Crippen LogP contribution in [0.2, 0.25) is 5.02 Å². The number of hydrogen-bond acceptors (Lipinski definition) is 4. The molecule has 0 unspecified atom stereocenters. The van der Waals surface area contributed by atoms with Crippen molar-refractivity contribution in [1.29, 1.82) is 0 Å². The van der Waals surface area contributed by atoms with Crippen LogP contribution in [0.5, 0.6) is 0 Å². The fourth-order valence-corrected chi connectivity index (χ4v) is 2.16. The van der Waals surface area contributed by atoms with Crippen molar-refractivity contribution in [2.75, 3.05) is 12.4 Å². The lowest BCUT2D eigenvalue weighted by Gasteiger charge is -2.21. The van der Waals surface area contributed by atoms with E-state index in [0.29, 0.717) is 27.6 Å². The van der Waals surface area contributed by atoms with Gasteiger partial charge in [-0.2, -0.15) is 0 Å². The summed E-state index contributed by atoms with van der Waals surface area (Å²) in [6.45, 7) is 4.05. The summed E-state index contributed by atoms with van der Waals surface area (Å²) in [5.41, 5.74) is 6.60. The highest BCUT2D eigenvalue weighted by molar-refractivity contribution is 6.34. The fourth-order valence-electron chi connectivity index (χ4n) is 1.99. The van der Waals surface area contributed by atoms with Crippen molar-refractivity contribution in [1.82, 2.24) is 4.90 Å². The van der Waals surface area contributed by atoms with E-state index in [1.807, 2.05) is 13.8 Å². The molecule has 0 aliphatic carbocycles. The molecular formula is C17H20ClN3O3. The number of anilines is 1. The highest BCUT2D eigenvalue weighted by atomic mass is 35.5. The van der Waals surface area contributed by atoms with Crippen LogP contribution in [0.15, 0.2) is 34.9 Å². The van der Waals surface area contributed by atoms with E-state index >= 15 is 0 Å². The van der Waals surface area contributed by atoms with E-state index in [0.717, 1.165) is 0 Å². The van der Waals surface area contributed by atoms with Crippen molar-refractivity contribution in [2.24, 2.45) is 5.73 Å². The number of rotatable bonds is 5. The van der Waals surface area contributed by atoms with Gasteiger partial charge in [-0.15, -0.1) is 0 Å². The van der Waals surface area contributed by atoms with E-state index in [4.69, 9.17) is 21.8 Å². The zero-order chi connectivity index (χ0) is 17.9. The second-order valence-corrected chi connectivity index (χ2v) is 6.07.